The van der Waals surface area contributed by atoms with E-state index in [1.165, 1.54) is 29.8 Å². The summed E-state index contributed by atoms with van der Waals surface area (Å²) < 4.78 is 33.1. The van der Waals surface area contributed by atoms with E-state index in [2.05, 4.69) is 17.0 Å². The van der Waals surface area contributed by atoms with E-state index >= 15 is 0 Å². The van der Waals surface area contributed by atoms with Crippen molar-refractivity contribution in [3.05, 3.63) is 107 Å². The minimum Gasteiger partial charge on any atom is -0.473 e. The van der Waals surface area contributed by atoms with E-state index in [0.717, 1.165) is 62.9 Å². The molecule has 3 aromatic rings. The van der Waals surface area contributed by atoms with E-state index in [1.807, 2.05) is 18.2 Å². The smallest absolute Gasteiger partial charge is 0.414 e. The summed E-state index contributed by atoms with van der Waals surface area (Å²) in [5, 5.41) is 25.3. The topological polar surface area (TPSA) is 107 Å². The second kappa shape index (κ2) is 16.6. The van der Waals surface area contributed by atoms with Crippen molar-refractivity contribution in [3.8, 4) is 0 Å². The molecule has 41 heavy (non-hydrogen) atoms. The first kappa shape index (κ1) is 31.9. The van der Waals surface area contributed by atoms with Crippen molar-refractivity contribution in [1.29, 1.82) is 0 Å². The number of nitrogens with zero attached hydrogens (tertiary/aromatic N) is 1. The molecule has 1 fully saturated rings. The predicted molar refractivity (Wildman–Crippen MR) is 150 cm³/mol. The Morgan fingerprint density at radius 1 is 0.829 bits per heavy atom. The lowest BCUT2D eigenvalue weighted by molar-refractivity contribution is -0.159. The highest BCUT2D eigenvalue weighted by molar-refractivity contribution is 6.27. The van der Waals surface area contributed by atoms with Gasteiger partial charge in [-0.2, -0.15) is 0 Å². The van der Waals surface area contributed by atoms with Crippen LogP contribution in [0.1, 0.15) is 48.5 Å². The molecule has 0 aromatic heterocycles. The summed E-state index contributed by atoms with van der Waals surface area (Å²) in [6, 6.07) is 22.9. The van der Waals surface area contributed by atoms with Gasteiger partial charge in [0.05, 0.1) is 6.10 Å². The van der Waals surface area contributed by atoms with Gasteiger partial charge < -0.3 is 25.0 Å². The number of rotatable bonds is 11. The first-order valence-corrected chi connectivity index (χ1v) is 13.7. The number of piperidine rings is 1. The number of carboxylic acids is 2. The van der Waals surface area contributed by atoms with Gasteiger partial charge in [-0.1, -0.05) is 54.6 Å². The number of ether oxygens (including phenoxy) is 1. The van der Waals surface area contributed by atoms with Crippen LogP contribution in [0.4, 0.5) is 8.78 Å². The molecular weight excluding hydrogens is 532 g/mol. The van der Waals surface area contributed by atoms with Crippen LogP contribution in [0, 0.1) is 17.6 Å². The average Bonchev–Trinajstić information content (AvgIpc) is 2.97. The molecule has 0 spiro atoms. The molecule has 3 N–H and O–H groups in total. The van der Waals surface area contributed by atoms with Gasteiger partial charge in [-0.25, -0.2) is 18.4 Å². The lowest BCUT2D eigenvalue weighted by Crippen LogP contribution is -2.39. The highest BCUT2D eigenvalue weighted by Crippen LogP contribution is 2.28. The number of aliphatic hydroxyl groups excluding tert-OH is 1. The van der Waals surface area contributed by atoms with Gasteiger partial charge in [0.1, 0.15) is 17.7 Å². The Morgan fingerprint density at radius 2 is 1.34 bits per heavy atom. The number of β-amino-alcohol motifs (C(OH)–C–C–N with tert-alkyl or cyclic N) is 1. The van der Waals surface area contributed by atoms with Crippen molar-refractivity contribution in [3.63, 3.8) is 0 Å². The minimum atomic E-state index is -1.82. The monoisotopic (exact) mass is 569 g/mol. The van der Waals surface area contributed by atoms with Crippen LogP contribution in [-0.4, -0.2) is 64.5 Å². The molecule has 220 valence electrons. The lowest BCUT2D eigenvalue weighted by Gasteiger charge is -2.33. The van der Waals surface area contributed by atoms with E-state index in [9.17, 15) is 13.9 Å². The first-order chi connectivity index (χ1) is 19.7. The maximum atomic E-state index is 13.4. The summed E-state index contributed by atoms with van der Waals surface area (Å²) in [5.41, 5.74) is 2.99. The summed E-state index contributed by atoms with van der Waals surface area (Å²) in [6.07, 6.45) is 4.16. The Morgan fingerprint density at radius 3 is 1.83 bits per heavy atom. The third-order valence-corrected chi connectivity index (χ3v) is 7.12. The fourth-order valence-corrected chi connectivity index (χ4v) is 4.84. The number of carboxylic acid groups (broad SMARTS) is 2. The molecule has 7 nitrogen and oxygen atoms in total. The molecule has 1 aliphatic rings. The number of benzene rings is 3. The summed E-state index contributed by atoms with van der Waals surface area (Å²) in [4.78, 5) is 20.6. The Labute approximate surface area is 239 Å². The van der Waals surface area contributed by atoms with Crippen LogP contribution in [0.15, 0.2) is 78.9 Å². The SMILES string of the molecule is O=C(O)C(=O)O.O[C@@H](CCc1ccccc1)CN1CCC(CCOC(c2ccc(F)cc2)c2ccc(F)cc2)CC1. The van der Waals surface area contributed by atoms with E-state index < -0.39 is 11.9 Å². The number of hydrogen-bond acceptors (Lipinski definition) is 5. The van der Waals surface area contributed by atoms with Gasteiger partial charge >= 0.3 is 11.9 Å². The maximum Gasteiger partial charge on any atom is 0.414 e. The molecule has 0 unspecified atom stereocenters. The zero-order chi connectivity index (χ0) is 29.6. The second-order valence-electron chi connectivity index (χ2n) is 10.2. The third kappa shape index (κ3) is 11.4. The van der Waals surface area contributed by atoms with E-state index in [-0.39, 0.29) is 23.8 Å². The van der Waals surface area contributed by atoms with Crippen molar-refractivity contribution in [1.82, 2.24) is 4.90 Å². The normalized spacial score (nSPS) is 14.7. The summed E-state index contributed by atoms with van der Waals surface area (Å²) in [7, 11) is 0. The molecule has 0 bridgehead atoms. The molecule has 4 rings (SSSR count). The van der Waals surface area contributed by atoms with Crippen LogP contribution in [-0.2, 0) is 20.7 Å². The molecule has 1 saturated heterocycles. The summed E-state index contributed by atoms with van der Waals surface area (Å²) in [6.45, 7) is 3.30. The third-order valence-electron chi connectivity index (χ3n) is 7.12. The largest absolute Gasteiger partial charge is 0.473 e. The number of likely N-dealkylation sites (tertiary alicyclic amines) is 1. The van der Waals surface area contributed by atoms with Crippen molar-refractivity contribution < 1.29 is 38.4 Å². The number of hydrogen-bond donors (Lipinski definition) is 3. The minimum absolute atomic E-state index is 0.288. The number of halogens is 2. The van der Waals surface area contributed by atoms with Crippen molar-refractivity contribution in [2.24, 2.45) is 5.92 Å². The lowest BCUT2D eigenvalue weighted by atomic mass is 9.93. The predicted octanol–water partition coefficient (Wildman–Crippen LogP) is 5.32. The molecule has 1 aliphatic heterocycles. The average molecular weight is 570 g/mol. The van der Waals surface area contributed by atoms with Crippen molar-refractivity contribution in [2.75, 3.05) is 26.2 Å². The highest BCUT2D eigenvalue weighted by atomic mass is 19.1. The zero-order valence-electron chi connectivity index (χ0n) is 22.9. The van der Waals surface area contributed by atoms with Gasteiger partial charge in [0.2, 0.25) is 0 Å². The Bertz CT molecular complexity index is 1140. The fourth-order valence-electron chi connectivity index (χ4n) is 4.84. The molecule has 9 heteroatoms. The fraction of sp³-hybridized carbons (Fsp3) is 0.375. The Kier molecular flexibility index (Phi) is 12.9. The van der Waals surface area contributed by atoms with Crippen LogP contribution in [0.3, 0.4) is 0 Å². The van der Waals surface area contributed by atoms with E-state index in [0.29, 0.717) is 12.5 Å². The molecule has 3 aromatic carbocycles. The molecule has 0 radical (unpaired) electrons. The number of aryl methyl sites for hydroxylation is 1. The first-order valence-electron chi connectivity index (χ1n) is 13.7. The Balaban J connectivity index is 0.000000696. The number of aliphatic hydroxyl groups is 1. The molecule has 0 saturated carbocycles. The quantitative estimate of drug-likeness (QED) is 0.268. The van der Waals surface area contributed by atoms with Crippen LogP contribution in [0.2, 0.25) is 0 Å². The Hall–Kier alpha value is -3.66. The number of aliphatic carboxylic acids is 2. The van der Waals surface area contributed by atoms with Gasteiger partial charge in [0, 0.05) is 13.2 Å². The van der Waals surface area contributed by atoms with Gasteiger partial charge in [-0.05, 0) is 92.1 Å². The van der Waals surface area contributed by atoms with Crippen LogP contribution in [0.25, 0.3) is 0 Å². The van der Waals surface area contributed by atoms with Crippen LogP contribution in [0.5, 0.6) is 0 Å². The van der Waals surface area contributed by atoms with Gasteiger partial charge in [0.25, 0.3) is 0 Å². The van der Waals surface area contributed by atoms with Gasteiger partial charge in [0.15, 0.2) is 0 Å². The molecule has 0 aliphatic carbocycles. The maximum absolute atomic E-state index is 13.4. The van der Waals surface area contributed by atoms with Crippen LogP contribution < -0.4 is 0 Å². The number of carbonyl (C=O) groups is 2. The molecule has 0 amide bonds. The summed E-state index contributed by atoms with van der Waals surface area (Å²) in [5.74, 6) is -3.65. The standard InChI is InChI=1S/C30H35F2NO2.C2H2O4/c31-27-11-7-25(8-12-27)30(26-9-13-28(32)14-10-26)35-21-18-24-16-19-33(20-17-24)22-29(34)15-6-23-4-2-1-3-5-23;3-1(4)2(5)6/h1-5,7-14,24,29-30,34H,6,15-22H2;(H,3,4)(H,5,6)/t29-;/m0./s1. The molecule has 1 atom stereocenters. The van der Waals surface area contributed by atoms with E-state index in [1.54, 1.807) is 24.3 Å². The van der Waals surface area contributed by atoms with Gasteiger partial charge in [-0.15, -0.1) is 0 Å². The van der Waals surface area contributed by atoms with Crippen molar-refractivity contribution >= 4 is 11.9 Å². The molecular formula is C32H37F2NO6. The summed E-state index contributed by atoms with van der Waals surface area (Å²) >= 11 is 0. The highest BCUT2D eigenvalue weighted by Gasteiger charge is 2.22. The van der Waals surface area contributed by atoms with Crippen LogP contribution >= 0.6 is 0 Å². The molecule has 1 heterocycles. The van der Waals surface area contributed by atoms with E-state index in [4.69, 9.17) is 24.5 Å². The van der Waals surface area contributed by atoms with Crippen molar-refractivity contribution in [2.45, 2.75) is 44.3 Å². The van der Waals surface area contributed by atoms with Gasteiger partial charge in [-0.3, -0.25) is 0 Å². The second-order valence-corrected chi connectivity index (χ2v) is 10.2. The zero-order valence-corrected chi connectivity index (χ0v) is 22.9.